The van der Waals surface area contributed by atoms with E-state index in [1.807, 2.05) is 0 Å². The Labute approximate surface area is 142 Å². The molecule has 1 aliphatic rings. The fourth-order valence-electron chi connectivity index (χ4n) is 2.26. The number of carbonyl (C=O) groups excluding carboxylic acids is 3. The van der Waals surface area contributed by atoms with Crippen molar-refractivity contribution in [1.29, 1.82) is 0 Å². The van der Waals surface area contributed by atoms with Crippen LogP contribution in [0.15, 0.2) is 5.11 Å². The van der Waals surface area contributed by atoms with Gasteiger partial charge in [0, 0.05) is 25.7 Å². The predicted octanol–water partition coefficient (Wildman–Crippen LogP) is 1.18. The van der Waals surface area contributed by atoms with Gasteiger partial charge in [-0.05, 0) is 11.8 Å². The average Bonchev–Trinajstić information content (AvgIpc) is 2.48. The summed E-state index contributed by atoms with van der Waals surface area (Å²) in [7, 11) is 0. The van der Waals surface area contributed by atoms with Gasteiger partial charge in [-0.15, -0.1) is 11.8 Å². The van der Waals surface area contributed by atoms with Crippen molar-refractivity contribution in [2.24, 2.45) is 5.11 Å². The van der Waals surface area contributed by atoms with Gasteiger partial charge in [-0.2, -0.15) is 0 Å². The molecule has 0 spiro atoms. The minimum Gasteiger partial charge on any atom is -0.463 e. The number of esters is 3. The van der Waals surface area contributed by atoms with E-state index in [4.69, 9.17) is 24.5 Å². The third kappa shape index (κ3) is 5.59. The summed E-state index contributed by atoms with van der Waals surface area (Å²) in [6.45, 7) is 3.41. The van der Waals surface area contributed by atoms with Crippen LogP contribution in [-0.4, -0.2) is 60.6 Å². The molecule has 2 unspecified atom stereocenters. The molecule has 11 heteroatoms. The third-order valence-electron chi connectivity index (χ3n) is 3.09. The van der Waals surface area contributed by atoms with Crippen LogP contribution in [0.3, 0.4) is 0 Å². The minimum absolute atomic E-state index is 0.200. The third-order valence-corrected chi connectivity index (χ3v) is 3.93. The molecule has 24 heavy (non-hydrogen) atoms. The fourth-order valence-corrected chi connectivity index (χ4v) is 3.00. The van der Waals surface area contributed by atoms with Gasteiger partial charge in [0.05, 0.1) is 0 Å². The average molecular weight is 361 g/mol. The number of carbonyl (C=O) groups is 3. The molecule has 134 valence electrons. The van der Waals surface area contributed by atoms with Crippen LogP contribution in [0.1, 0.15) is 20.8 Å². The minimum atomic E-state index is -1.06. The Morgan fingerprint density at radius 2 is 1.71 bits per heavy atom. The molecular weight excluding hydrogens is 342 g/mol. The second-order valence-electron chi connectivity index (χ2n) is 4.92. The van der Waals surface area contributed by atoms with Crippen LogP contribution in [0.4, 0.5) is 0 Å². The van der Waals surface area contributed by atoms with Gasteiger partial charge in [0.15, 0.2) is 0 Å². The second kappa shape index (κ2) is 9.36. The van der Waals surface area contributed by atoms with E-state index in [-0.39, 0.29) is 6.61 Å². The highest BCUT2D eigenvalue weighted by Crippen LogP contribution is 2.33. The Bertz CT molecular complexity index is 538. The molecule has 0 aromatic carbocycles. The first-order valence-electron chi connectivity index (χ1n) is 7.00. The van der Waals surface area contributed by atoms with E-state index in [0.717, 1.165) is 0 Å². The van der Waals surface area contributed by atoms with Crippen LogP contribution in [0.2, 0.25) is 0 Å². The van der Waals surface area contributed by atoms with E-state index in [1.165, 1.54) is 32.5 Å². The van der Waals surface area contributed by atoms with Gasteiger partial charge in [-0.3, -0.25) is 14.4 Å². The summed E-state index contributed by atoms with van der Waals surface area (Å²) in [6.07, 6.45) is -1.17. The van der Waals surface area contributed by atoms with E-state index in [1.54, 1.807) is 6.26 Å². The van der Waals surface area contributed by atoms with E-state index >= 15 is 0 Å². The van der Waals surface area contributed by atoms with Gasteiger partial charge in [0.25, 0.3) is 0 Å². The largest absolute Gasteiger partial charge is 0.463 e. The number of nitrogens with zero attached hydrogens (tertiary/aromatic N) is 3. The van der Waals surface area contributed by atoms with Gasteiger partial charge in [-0.25, -0.2) is 0 Å². The number of rotatable bonds is 6. The van der Waals surface area contributed by atoms with Crippen molar-refractivity contribution in [1.82, 2.24) is 0 Å². The Balaban J connectivity index is 3.17. The predicted molar refractivity (Wildman–Crippen MR) is 82.9 cm³/mol. The molecule has 0 aromatic rings. The monoisotopic (exact) mass is 361 g/mol. The van der Waals surface area contributed by atoms with Crippen LogP contribution in [-0.2, 0) is 33.3 Å². The van der Waals surface area contributed by atoms with Crippen LogP contribution < -0.4 is 0 Å². The van der Waals surface area contributed by atoms with Crippen LogP contribution in [0.25, 0.3) is 10.4 Å². The topological polar surface area (TPSA) is 137 Å². The van der Waals surface area contributed by atoms with Gasteiger partial charge in [-0.1, -0.05) is 5.11 Å². The number of thioether (sulfide) groups is 1. The summed E-state index contributed by atoms with van der Waals surface area (Å²) in [5.74, 6) is -1.78. The van der Waals surface area contributed by atoms with Gasteiger partial charge in [0.1, 0.15) is 36.4 Å². The van der Waals surface area contributed by atoms with Crippen molar-refractivity contribution < 1.29 is 33.3 Å². The molecule has 1 saturated heterocycles. The highest BCUT2D eigenvalue weighted by molar-refractivity contribution is 7.99. The molecule has 0 amide bonds. The summed E-state index contributed by atoms with van der Waals surface area (Å²) in [6, 6.07) is -1.02. The zero-order valence-corrected chi connectivity index (χ0v) is 14.5. The molecule has 10 nitrogen and oxygen atoms in total. The summed E-state index contributed by atoms with van der Waals surface area (Å²) < 4.78 is 21.0. The summed E-state index contributed by atoms with van der Waals surface area (Å²) in [5.41, 5.74) is 8.15. The maximum Gasteiger partial charge on any atom is 0.303 e. The number of ether oxygens (including phenoxy) is 4. The number of hydrogen-bond acceptors (Lipinski definition) is 9. The smallest absolute Gasteiger partial charge is 0.303 e. The molecule has 0 aromatic heterocycles. The molecule has 0 bridgehead atoms. The van der Waals surface area contributed by atoms with Crippen molar-refractivity contribution in [3.63, 3.8) is 0 Å². The first-order valence-corrected chi connectivity index (χ1v) is 8.29. The molecule has 0 saturated carbocycles. The first-order chi connectivity index (χ1) is 11.3. The molecule has 1 aliphatic heterocycles. The highest BCUT2D eigenvalue weighted by Gasteiger charge is 2.49. The second-order valence-corrected chi connectivity index (χ2v) is 5.86. The Morgan fingerprint density at radius 1 is 1.12 bits per heavy atom. The summed E-state index contributed by atoms with van der Waals surface area (Å²) >= 11 is 1.22. The molecule has 0 N–H and O–H groups in total. The molecule has 1 fully saturated rings. The van der Waals surface area contributed by atoms with E-state index < -0.39 is 47.7 Å². The van der Waals surface area contributed by atoms with Crippen molar-refractivity contribution in [3.8, 4) is 0 Å². The molecule has 0 radical (unpaired) electrons. The summed E-state index contributed by atoms with van der Waals surface area (Å²) in [4.78, 5) is 36.5. The Hall–Kier alpha value is -1.97. The van der Waals surface area contributed by atoms with Crippen molar-refractivity contribution in [2.45, 2.75) is 50.6 Å². The Kier molecular flexibility index (Phi) is 7.83. The molecule has 1 heterocycles. The zero-order chi connectivity index (χ0) is 18.3. The van der Waals surface area contributed by atoms with Crippen molar-refractivity contribution in [2.75, 3.05) is 12.9 Å². The number of azide groups is 1. The maximum absolute atomic E-state index is 11.4. The first kappa shape index (κ1) is 20.1. The van der Waals surface area contributed by atoms with Crippen molar-refractivity contribution in [3.05, 3.63) is 10.4 Å². The quantitative estimate of drug-likeness (QED) is 0.226. The molecule has 0 aliphatic carbocycles. The maximum atomic E-state index is 11.4. The lowest BCUT2D eigenvalue weighted by Gasteiger charge is -2.43. The lowest BCUT2D eigenvalue weighted by Crippen LogP contribution is -2.59. The standard InChI is InChI=1S/C13H19N3O7S/c1-6(17)20-5-9-11(21-7(2)18)10(15-16-14)12(22-8(3)19)13(23-9)24-4/h9-13H,5H2,1-4H3/t9?,10?,11-,12-,13-/m0/s1. The lowest BCUT2D eigenvalue weighted by atomic mass is 9.97. The Morgan fingerprint density at radius 3 is 2.17 bits per heavy atom. The highest BCUT2D eigenvalue weighted by atomic mass is 32.2. The lowest BCUT2D eigenvalue weighted by molar-refractivity contribution is -0.200. The van der Waals surface area contributed by atoms with Gasteiger partial charge >= 0.3 is 17.9 Å². The number of hydrogen-bond donors (Lipinski definition) is 0. The van der Waals surface area contributed by atoms with Crippen LogP contribution in [0, 0.1) is 0 Å². The van der Waals surface area contributed by atoms with Crippen LogP contribution >= 0.6 is 11.8 Å². The van der Waals surface area contributed by atoms with Gasteiger partial charge < -0.3 is 18.9 Å². The van der Waals surface area contributed by atoms with Gasteiger partial charge in [0.2, 0.25) is 0 Å². The van der Waals surface area contributed by atoms with E-state index in [2.05, 4.69) is 10.0 Å². The van der Waals surface area contributed by atoms with E-state index in [0.29, 0.717) is 0 Å². The fraction of sp³-hybridized carbons (Fsp3) is 0.769. The molecule has 5 atom stereocenters. The van der Waals surface area contributed by atoms with Crippen LogP contribution in [0.5, 0.6) is 0 Å². The SMILES string of the molecule is CS[C@@H]1OC(COC(C)=O)[C@H](OC(C)=O)C(N=[N+]=[N-])[C@@H]1OC(C)=O. The van der Waals surface area contributed by atoms with Crippen molar-refractivity contribution >= 4 is 29.7 Å². The molecule has 1 rings (SSSR count). The normalized spacial score (nSPS) is 29.1. The zero-order valence-electron chi connectivity index (χ0n) is 13.7. The molecular formula is C13H19N3O7S. The summed E-state index contributed by atoms with van der Waals surface area (Å²) in [5, 5.41) is 3.62. The van der Waals surface area contributed by atoms with E-state index in [9.17, 15) is 14.4 Å².